The molecule has 0 bridgehead atoms. The Kier molecular flexibility index (Phi) is 2.29. The molecular formula is C11H14N2. The Morgan fingerprint density at radius 2 is 1.92 bits per heavy atom. The van der Waals surface area contributed by atoms with Gasteiger partial charge in [0.1, 0.15) is 0 Å². The van der Waals surface area contributed by atoms with Crippen LogP contribution < -0.4 is 5.73 Å². The van der Waals surface area contributed by atoms with Crippen molar-refractivity contribution >= 4 is 5.69 Å². The van der Waals surface area contributed by atoms with Crippen LogP contribution in [0.2, 0.25) is 0 Å². The van der Waals surface area contributed by atoms with E-state index in [1.807, 2.05) is 6.07 Å². The second kappa shape index (κ2) is 3.10. The van der Waals surface area contributed by atoms with E-state index in [-0.39, 0.29) is 5.41 Å². The first kappa shape index (κ1) is 9.60. The summed E-state index contributed by atoms with van der Waals surface area (Å²) in [5.41, 5.74) is 8.27. The fraction of sp³-hybridized carbons (Fsp3) is 0.364. The molecular weight excluding hydrogens is 160 g/mol. The highest BCUT2D eigenvalue weighted by atomic mass is 14.6. The average Bonchev–Trinajstić information content (AvgIpc) is 2.03. The summed E-state index contributed by atoms with van der Waals surface area (Å²) < 4.78 is 0. The van der Waals surface area contributed by atoms with E-state index in [0.29, 0.717) is 5.56 Å². The second-order valence-corrected chi connectivity index (χ2v) is 4.16. The monoisotopic (exact) mass is 174 g/mol. The SMILES string of the molecule is CC(C)(C)c1cc(C#N)ccc1N. The molecule has 0 aliphatic carbocycles. The summed E-state index contributed by atoms with van der Waals surface area (Å²) in [5, 5.41) is 8.73. The third-order valence-electron chi connectivity index (χ3n) is 1.99. The molecule has 0 saturated heterocycles. The Balaban J connectivity index is 3.29. The largest absolute Gasteiger partial charge is 0.398 e. The first-order valence-corrected chi connectivity index (χ1v) is 4.25. The smallest absolute Gasteiger partial charge is 0.0991 e. The van der Waals surface area contributed by atoms with Crippen LogP contribution in [0.15, 0.2) is 18.2 Å². The molecule has 0 spiro atoms. The van der Waals surface area contributed by atoms with E-state index < -0.39 is 0 Å². The van der Waals surface area contributed by atoms with E-state index in [1.165, 1.54) is 0 Å². The van der Waals surface area contributed by atoms with E-state index >= 15 is 0 Å². The van der Waals surface area contributed by atoms with Gasteiger partial charge in [-0.15, -0.1) is 0 Å². The molecule has 0 atom stereocenters. The lowest BCUT2D eigenvalue weighted by molar-refractivity contribution is 0.592. The molecule has 1 rings (SSSR count). The van der Waals surface area contributed by atoms with Crippen molar-refractivity contribution in [2.45, 2.75) is 26.2 Å². The van der Waals surface area contributed by atoms with Gasteiger partial charge in [-0.3, -0.25) is 0 Å². The standard InChI is InChI=1S/C11H14N2/c1-11(2,3)9-6-8(7-12)4-5-10(9)13/h4-6H,13H2,1-3H3. The maximum Gasteiger partial charge on any atom is 0.0991 e. The molecule has 0 amide bonds. The number of hydrogen-bond donors (Lipinski definition) is 1. The summed E-state index contributed by atoms with van der Waals surface area (Å²) in [6, 6.07) is 7.50. The van der Waals surface area contributed by atoms with Gasteiger partial charge in [0.15, 0.2) is 0 Å². The Bertz CT molecular complexity index is 353. The van der Waals surface area contributed by atoms with Crippen molar-refractivity contribution in [3.8, 4) is 6.07 Å². The van der Waals surface area contributed by atoms with Gasteiger partial charge in [-0.1, -0.05) is 20.8 Å². The van der Waals surface area contributed by atoms with Crippen LogP contribution in [0.1, 0.15) is 31.9 Å². The number of nitriles is 1. The van der Waals surface area contributed by atoms with Gasteiger partial charge in [0.2, 0.25) is 0 Å². The zero-order valence-electron chi connectivity index (χ0n) is 8.26. The Morgan fingerprint density at radius 3 is 2.38 bits per heavy atom. The zero-order chi connectivity index (χ0) is 10.1. The van der Waals surface area contributed by atoms with Crippen LogP contribution in [0.4, 0.5) is 5.69 Å². The number of rotatable bonds is 0. The molecule has 0 saturated carbocycles. The molecule has 0 aromatic heterocycles. The van der Waals surface area contributed by atoms with E-state index in [0.717, 1.165) is 11.3 Å². The molecule has 0 aliphatic rings. The summed E-state index contributed by atoms with van der Waals surface area (Å²) in [6.07, 6.45) is 0. The van der Waals surface area contributed by atoms with Crippen molar-refractivity contribution in [1.29, 1.82) is 5.26 Å². The molecule has 0 fully saturated rings. The van der Waals surface area contributed by atoms with E-state index in [4.69, 9.17) is 11.0 Å². The first-order chi connectivity index (χ1) is 5.95. The number of nitrogens with two attached hydrogens (primary N) is 1. The number of nitrogens with zero attached hydrogens (tertiary/aromatic N) is 1. The average molecular weight is 174 g/mol. The first-order valence-electron chi connectivity index (χ1n) is 4.25. The summed E-state index contributed by atoms with van der Waals surface area (Å²) >= 11 is 0. The van der Waals surface area contributed by atoms with Crippen LogP contribution in [0, 0.1) is 11.3 Å². The van der Waals surface area contributed by atoms with Crippen molar-refractivity contribution in [3.63, 3.8) is 0 Å². The minimum Gasteiger partial charge on any atom is -0.398 e. The number of nitrogen functional groups attached to an aromatic ring is 1. The van der Waals surface area contributed by atoms with Crippen molar-refractivity contribution < 1.29 is 0 Å². The molecule has 1 aromatic rings. The van der Waals surface area contributed by atoms with E-state index in [2.05, 4.69) is 26.8 Å². The van der Waals surface area contributed by atoms with Gasteiger partial charge in [-0.05, 0) is 29.2 Å². The summed E-state index contributed by atoms with van der Waals surface area (Å²) in [6.45, 7) is 6.25. The van der Waals surface area contributed by atoms with Gasteiger partial charge in [-0.2, -0.15) is 5.26 Å². The lowest BCUT2D eigenvalue weighted by Crippen LogP contribution is -2.14. The Morgan fingerprint density at radius 1 is 1.31 bits per heavy atom. The molecule has 2 heteroatoms. The predicted octanol–water partition coefficient (Wildman–Crippen LogP) is 2.44. The maximum atomic E-state index is 8.73. The molecule has 0 radical (unpaired) electrons. The van der Waals surface area contributed by atoms with Crippen LogP contribution >= 0.6 is 0 Å². The highest BCUT2D eigenvalue weighted by Gasteiger charge is 2.16. The quantitative estimate of drug-likeness (QED) is 0.614. The third kappa shape index (κ3) is 2.00. The Labute approximate surface area is 79.0 Å². The molecule has 0 aliphatic heterocycles. The highest BCUT2D eigenvalue weighted by molar-refractivity contribution is 5.54. The van der Waals surface area contributed by atoms with Gasteiger partial charge >= 0.3 is 0 Å². The second-order valence-electron chi connectivity index (χ2n) is 4.16. The highest BCUT2D eigenvalue weighted by Crippen LogP contribution is 2.28. The van der Waals surface area contributed by atoms with Gasteiger partial charge in [0, 0.05) is 5.69 Å². The van der Waals surface area contributed by atoms with Crippen LogP contribution in [0.25, 0.3) is 0 Å². The van der Waals surface area contributed by atoms with Crippen LogP contribution in [0.5, 0.6) is 0 Å². The molecule has 2 nitrogen and oxygen atoms in total. The van der Waals surface area contributed by atoms with Crippen molar-refractivity contribution in [1.82, 2.24) is 0 Å². The molecule has 0 unspecified atom stereocenters. The number of hydrogen-bond acceptors (Lipinski definition) is 2. The lowest BCUT2D eigenvalue weighted by Gasteiger charge is -2.21. The van der Waals surface area contributed by atoms with Crippen molar-refractivity contribution in [3.05, 3.63) is 29.3 Å². The summed E-state index contributed by atoms with van der Waals surface area (Å²) in [7, 11) is 0. The summed E-state index contributed by atoms with van der Waals surface area (Å²) in [4.78, 5) is 0. The number of anilines is 1. The fourth-order valence-electron chi connectivity index (χ4n) is 1.28. The van der Waals surface area contributed by atoms with Gasteiger partial charge in [0.25, 0.3) is 0 Å². The molecule has 13 heavy (non-hydrogen) atoms. The fourth-order valence-corrected chi connectivity index (χ4v) is 1.28. The third-order valence-corrected chi connectivity index (χ3v) is 1.99. The van der Waals surface area contributed by atoms with Crippen LogP contribution in [0.3, 0.4) is 0 Å². The van der Waals surface area contributed by atoms with Crippen LogP contribution in [-0.4, -0.2) is 0 Å². The predicted molar refractivity (Wildman–Crippen MR) is 54.3 cm³/mol. The van der Waals surface area contributed by atoms with Crippen molar-refractivity contribution in [2.24, 2.45) is 0 Å². The molecule has 2 N–H and O–H groups in total. The minimum atomic E-state index is -0.00303. The number of benzene rings is 1. The topological polar surface area (TPSA) is 49.8 Å². The zero-order valence-corrected chi connectivity index (χ0v) is 8.26. The Hall–Kier alpha value is -1.49. The lowest BCUT2D eigenvalue weighted by atomic mass is 9.85. The van der Waals surface area contributed by atoms with E-state index in [9.17, 15) is 0 Å². The summed E-state index contributed by atoms with van der Waals surface area (Å²) in [5.74, 6) is 0. The van der Waals surface area contributed by atoms with Crippen molar-refractivity contribution in [2.75, 3.05) is 5.73 Å². The van der Waals surface area contributed by atoms with Gasteiger partial charge in [-0.25, -0.2) is 0 Å². The minimum absolute atomic E-state index is 0.00303. The normalized spacial score (nSPS) is 10.9. The molecule has 0 heterocycles. The maximum absolute atomic E-state index is 8.73. The van der Waals surface area contributed by atoms with Gasteiger partial charge < -0.3 is 5.73 Å². The molecule has 68 valence electrons. The van der Waals surface area contributed by atoms with E-state index in [1.54, 1.807) is 12.1 Å². The van der Waals surface area contributed by atoms with Gasteiger partial charge in [0.05, 0.1) is 11.6 Å². The van der Waals surface area contributed by atoms with Crippen LogP contribution in [-0.2, 0) is 5.41 Å². The molecule has 1 aromatic carbocycles.